The van der Waals surface area contributed by atoms with Gasteiger partial charge < -0.3 is 38.6 Å². The molecule has 4 aliphatic heterocycles. The fraction of sp³-hybridized carbons (Fsp3) is 0.356. The average molecular weight is 1360 g/mol. The molecule has 0 aliphatic carbocycles. The molecule has 14 rings (SSSR count). The molecule has 12 heteroatoms. The number of benzene rings is 9. The molecule has 0 unspecified atom stereocenters. The molecular weight excluding hydrogens is 1260 g/mol. The van der Waals surface area contributed by atoms with Crippen LogP contribution in [-0.4, -0.2) is 72.8 Å². The monoisotopic (exact) mass is 1360 g/mol. The second-order valence-electron chi connectivity index (χ2n) is 31.0. The van der Waals surface area contributed by atoms with Crippen LogP contribution in [0.2, 0.25) is 0 Å². The topological polar surface area (TPSA) is 96.8 Å². The number of hydrogen-bond donors (Lipinski definition) is 1. The zero-order valence-electron chi connectivity index (χ0n) is 62.6. The second kappa shape index (κ2) is 29.4. The fourth-order valence-electron chi connectivity index (χ4n) is 15.2. The number of hydrogen-bond acceptors (Lipinski definition) is 10. The standard InChI is InChI=1S/C47H54N2O2.C43H49N5O3/c1-9-35-23-33(15-14-32(35)3)22-34-16-19-43(36(10-2)24-34)49-29-38-26-42(18-21-45(38)51-31-49)47(6,7)40-13-11-12-39(27-40)46(4,5)41-17-20-44-37(25-41)28-48(8)30-50-44;1-30-19-31(41(49)45-15-8-17-47-18-16-44-27-47)23-38(20-30)48-26-33-22-37(12-14-40(33)51-29-48)43(4,5)35-10-7-9-34(24-35)42(2,3)36-11-13-39-32(21-36)25-46(6)28-50-39/h11-21,23-27H,9-10,22,28-31H2,1-8H3;7,9-14,16,18-24,27H,8,15,17,25-26,28-29H2,1-6H3,(H,45,49). The summed E-state index contributed by atoms with van der Waals surface area (Å²) in [4.78, 5) is 26.2. The van der Waals surface area contributed by atoms with Crippen LogP contribution in [0.4, 0.5) is 11.4 Å². The van der Waals surface area contributed by atoms with Gasteiger partial charge in [0.05, 0.1) is 6.33 Å². The predicted molar refractivity (Wildman–Crippen MR) is 414 cm³/mol. The Kier molecular flexibility index (Phi) is 20.4. The van der Waals surface area contributed by atoms with Crippen LogP contribution in [0, 0.1) is 13.8 Å². The summed E-state index contributed by atoms with van der Waals surface area (Å²) in [5.74, 6) is 3.82. The van der Waals surface area contributed by atoms with Crippen molar-refractivity contribution in [1.29, 1.82) is 0 Å². The molecule has 0 atom stereocenters. The minimum Gasteiger partial charge on any atom is -0.478 e. The van der Waals surface area contributed by atoms with E-state index in [0.29, 0.717) is 45.6 Å². The number of anilines is 2. The SMILES string of the molecule is CCc1cc(Cc2ccc(N3COc4ccc(C(C)(C)c5cccc(C(C)(C)c6ccc7c(c6)CN(C)CO7)c5)cc4C3)c(CC)c2)ccc1C.Cc1cc(C(=O)NCCCn2ccnc2)cc(N2COc3ccc(C(C)(C)c4cccc(C(C)(C)c5ccc6c(c5)CN(C)CO6)c4)cc3C2)c1. The molecule has 0 bridgehead atoms. The van der Waals surface area contributed by atoms with E-state index in [-0.39, 0.29) is 27.6 Å². The zero-order chi connectivity index (χ0) is 71.7. The van der Waals surface area contributed by atoms with E-state index in [0.717, 1.165) is 91.7 Å². The summed E-state index contributed by atoms with van der Waals surface area (Å²) in [7, 11) is 4.19. The van der Waals surface area contributed by atoms with E-state index in [1.807, 2.05) is 29.8 Å². The molecule has 0 saturated heterocycles. The summed E-state index contributed by atoms with van der Waals surface area (Å²) in [5, 5.41) is 3.08. The molecule has 528 valence electrons. The second-order valence-corrected chi connectivity index (χ2v) is 31.0. The van der Waals surface area contributed by atoms with Crippen molar-refractivity contribution in [2.45, 2.75) is 163 Å². The Balaban J connectivity index is 0.000000182. The summed E-state index contributed by atoms with van der Waals surface area (Å²) in [6.45, 7) is 34.3. The molecule has 0 fully saturated rings. The molecule has 102 heavy (non-hydrogen) atoms. The summed E-state index contributed by atoms with van der Waals surface area (Å²) >= 11 is 0. The lowest BCUT2D eigenvalue weighted by Crippen LogP contribution is -2.33. The first kappa shape index (κ1) is 70.8. The number of amides is 1. The number of rotatable bonds is 19. The number of nitrogens with one attached hydrogen (secondary N) is 1. The number of aryl methyl sites for hydroxylation is 5. The molecule has 10 aromatic rings. The predicted octanol–water partition coefficient (Wildman–Crippen LogP) is 18.3. The van der Waals surface area contributed by atoms with E-state index in [9.17, 15) is 4.79 Å². The molecule has 0 saturated carbocycles. The van der Waals surface area contributed by atoms with E-state index in [4.69, 9.17) is 18.9 Å². The number of aromatic nitrogens is 2. The Morgan fingerprint density at radius 1 is 0.471 bits per heavy atom. The van der Waals surface area contributed by atoms with E-state index in [2.05, 4.69) is 284 Å². The van der Waals surface area contributed by atoms with E-state index in [1.165, 1.54) is 94.7 Å². The van der Waals surface area contributed by atoms with Gasteiger partial charge in [-0.2, -0.15) is 0 Å². The zero-order valence-corrected chi connectivity index (χ0v) is 62.6. The highest BCUT2D eigenvalue weighted by molar-refractivity contribution is 5.95. The summed E-state index contributed by atoms with van der Waals surface area (Å²) in [6.07, 6.45) is 9.34. The van der Waals surface area contributed by atoms with Gasteiger partial charge in [0.2, 0.25) is 0 Å². The Morgan fingerprint density at radius 3 is 1.39 bits per heavy atom. The third kappa shape index (κ3) is 15.1. The van der Waals surface area contributed by atoms with E-state index < -0.39 is 0 Å². The Bertz CT molecular complexity index is 4680. The van der Waals surface area contributed by atoms with Gasteiger partial charge in [-0.25, -0.2) is 4.98 Å². The molecule has 0 spiro atoms. The summed E-state index contributed by atoms with van der Waals surface area (Å²) in [5.41, 5.74) is 25.2. The third-order valence-corrected chi connectivity index (χ3v) is 22.2. The highest BCUT2D eigenvalue weighted by atomic mass is 16.5. The van der Waals surface area contributed by atoms with Crippen LogP contribution in [-0.2, 0) is 73.6 Å². The van der Waals surface area contributed by atoms with Crippen LogP contribution in [0.3, 0.4) is 0 Å². The third-order valence-electron chi connectivity index (χ3n) is 22.2. The summed E-state index contributed by atoms with van der Waals surface area (Å²) in [6, 6.07) is 65.1. The highest BCUT2D eigenvalue weighted by Crippen LogP contribution is 2.44. The van der Waals surface area contributed by atoms with Gasteiger partial charge in [-0.15, -0.1) is 0 Å². The largest absolute Gasteiger partial charge is 0.478 e. The number of fused-ring (bicyclic) bond motifs is 4. The van der Waals surface area contributed by atoms with Gasteiger partial charge in [0.25, 0.3) is 5.91 Å². The Labute approximate surface area is 606 Å². The Morgan fingerprint density at radius 2 is 0.912 bits per heavy atom. The quantitative estimate of drug-likeness (QED) is 0.0789. The van der Waals surface area contributed by atoms with Crippen molar-refractivity contribution in [2.75, 3.05) is 57.4 Å². The van der Waals surface area contributed by atoms with Crippen LogP contribution in [0.1, 0.15) is 186 Å². The molecule has 4 aliphatic rings. The molecule has 5 heterocycles. The highest BCUT2D eigenvalue weighted by Gasteiger charge is 2.34. The first-order valence-corrected chi connectivity index (χ1v) is 36.6. The van der Waals surface area contributed by atoms with Crippen LogP contribution in [0.25, 0.3) is 0 Å². The van der Waals surface area contributed by atoms with Gasteiger partial charge in [-0.1, -0.05) is 172 Å². The molecule has 0 radical (unpaired) electrons. The molecule has 1 aromatic heterocycles. The fourth-order valence-corrected chi connectivity index (χ4v) is 15.2. The molecule has 1 N–H and O–H groups in total. The Hall–Kier alpha value is -9.62. The lowest BCUT2D eigenvalue weighted by atomic mass is 9.73. The van der Waals surface area contributed by atoms with Gasteiger partial charge in [-0.3, -0.25) is 14.6 Å². The van der Waals surface area contributed by atoms with Crippen molar-refractivity contribution in [3.8, 4) is 23.0 Å². The van der Waals surface area contributed by atoms with E-state index in [1.54, 1.807) is 12.5 Å². The maximum absolute atomic E-state index is 13.1. The van der Waals surface area contributed by atoms with Crippen molar-refractivity contribution in [1.82, 2.24) is 24.7 Å². The first-order chi connectivity index (χ1) is 48.9. The van der Waals surface area contributed by atoms with Crippen molar-refractivity contribution in [2.24, 2.45) is 0 Å². The van der Waals surface area contributed by atoms with Gasteiger partial charge in [0, 0.05) is 113 Å². The lowest BCUT2D eigenvalue weighted by Gasteiger charge is -2.35. The summed E-state index contributed by atoms with van der Waals surface area (Å²) < 4.78 is 26.6. The lowest BCUT2D eigenvalue weighted by molar-refractivity contribution is 0.0952. The number of nitrogens with zero attached hydrogens (tertiary/aromatic N) is 6. The van der Waals surface area contributed by atoms with E-state index >= 15 is 0 Å². The molecule has 1 amide bonds. The number of carbonyl (C=O) groups is 1. The normalized spacial score (nSPS) is 14.7. The van der Waals surface area contributed by atoms with Crippen LogP contribution in [0.5, 0.6) is 23.0 Å². The minimum atomic E-state index is -0.248. The maximum Gasteiger partial charge on any atom is 0.251 e. The molecule has 12 nitrogen and oxygen atoms in total. The van der Waals surface area contributed by atoms with Gasteiger partial charge in [0.1, 0.15) is 36.5 Å². The number of ether oxygens (including phenoxy) is 4. The number of imidazole rings is 1. The molecule has 9 aromatic carbocycles. The van der Waals surface area contributed by atoms with Crippen LogP contribution >= 0.6 is 0 Å². The molecular formula is C90H103N7O5. The van der Waals surface area contributed by atoms with Crippen LogP contribution < -0.4 is 34.1 Å². The van der Waals surface area contributed by atoms with Gasteiger partial charge in [0.15, 0.2) is 13.5 Å². The van der Waals surface area contributed by atoms with Gasteiger partial charge >= 0.3 is 0 Å². The van der Waals surface area contributed by atoms with Crippen molar-refractivity contribution in [3.05, 3.63) is 300 Å². The average Bonchev–Trinajstić information content (AvgIpc) is 0.779. The first-order valence-electron chi connectivity index (χ1n) is 36.6. The van der Waals surface area contributed by atoms with Crippen LogP contribution in [0.15, 0.2) is 195 Å². The van der Waals surface area contributed by atoms with Crippen molar-refractivity contribution < 1.29 is 23.7 Å². The number of carbonyl (C=O) groups excluding carboxylic acids is 1. The van der Waals surface area contributed by atoms with Crippen molar-refractivity contribution in [3.63, 3.8) is 0 Å². The maximum atomic E-state index is 13.1. The minimum absolute atomic E-state index is 0.0633. The van der Waals surface area contributed by atoms with Gasteiger partial charge in [-0.05, 0) is 204 Å². The smallest absolute Gasteiger partial charge is 0.251 e. The van der Waals surface area contributed by atoms with Crippen molar-refractivity contribution >= 4 is 17.3 Å².